The van der Waals surface area contributed by atoms with Crippen LogP contribution in [0.3, 0.4) is 0 Å². The van der Waals surface area contributed by atoms with Gasteiger partial charge >= 0.3 is 0 Å². The fourth-order valence-corrected chi connectivity index (χ4v) is 1.43. The summed E-state index contributed by atoms with van der Waals surface area (Å²) in [5, 5.41) is 0. The van der Waals surface area contributed by atoms with Gasteiger partial charge in [0.2, 0.25) is 0 Å². The van der Waals surface area contributed by atoms with E-state index in [0.29, 0.717) is 0 Å². The van der Waals surface area contributed by atoms with Crippen molar-refractivity contribution < 1.29 is 0 Å². The van der Waals surface area contributed by atoms with E-state index in [1.54, 1.807) is 0 Å². The SMILES string of the molecule is C1=CC=CCCCCC=CCCC=C1. The van der Waals surface area contributed by atoms with Crippen LogP contribution in [-0.2, 0) is 0 Å². The third-order valence-corrected chi connectivity index (χ3v) is 2.26. The molecule has 0 amide bonds. The lowest BCUT2D eigenvalue weighted by Gasteiger charge is -1.93. The minimum atomic E-state index is 1.16. The van der Waals surface area contributed by atoms with Crippen molar-refractivity contribution in [1.29, 1.82) is 0 Å². The Hall–Kier alpha value is -1.04. The molecule has 0 aromatic carbocycles. The van der Waals surface area contributed by atoms with Gasteiger partial charge in [-0.05, 0) is 38.5 Å². The van der Waals surface area contributed by atoms with Gasteiger partial charge < -0.3 is 0 Å². The molecule has 0 bridgehead atoms. The van der Waals surface area contributed by atoms with Crippen molar-refractivity contribution in [3.63, 3.8) is 0 Å². The van der Waals surface area contributed by atoms with E-state index in [-0.39, 0.29) is 0 Å². The Morgan fingerprint density at radius 3 is 1.71 bits per heavy atom. The van der Waals surface area contributed by atoms with Crippen molar-refractivity contribution in [3.05, 3.63) is 48.6 Å². The van der Waals surface area contributed by atoms with Crippen LogP contribution in [0.15, 0.2) is 48.6 Å². The molecule has 14 heavy (non-hydrogen) atoms. The Morgan fingerprint density at radius 2 is 0.929 bits per heavy atom. The van der Waals surface area contributed by atoms with E-state index < -0.39 is 0 Å². The second kappa shape index (κ2) is 8.55. The fourth-order valence-electron chi connectivity index (χ4n) is 1.43. The predicted octanol–water partition coefficient (Wildman–Crippen LogP) is 4.57. The first-order chi connectivity index (χ1) is 7.00. The lowest BCUT2D eigenvalue weighted by atomic mass is 10.1. The van der Waals surface area contributed by atoms with Crippen molar-refractivity contribution in [3.8, 4) is 0 Å². The van der Waals surface area contributed by atoms with Crippen molar-refractivity contribution in [2.45, 2.75) is 38.5 Å². The molecule has 76 valence electrons. The molecule has 0 nitrogen and oxygen atoms in total. The molecule has 0 heteroatoms. The summed E-state index contributed by atoms with van der Waals surface area (Å²) < 4.78 is 0. The molecular formula is C14H20. The zero-order chi connectivity index (χ0) is 9.90. The zero-order valence-corrected chi connectivity index (χ0v) is 8.86. The maximum absolute atomic E-state index is 2.32. The Labute approximate surface area is 87.7 Å². The predicted molar refractivity (Wildman–Crippen MR) is 64.3 cm³/mol. The largest absolute Gasteiger partial charge is 0.0885 e. The molecule has 0 atom stereocenters. The molecule has 1 aliphatic rings. The van der Waals surface area contributed by atoms with E-state index in [4.69, 9.17) is 0 Å². The summed E-state index contributed by atoms with van der Waals surface area (Å²) in [4.78, 5) is 0. The topological polar surface area (TPSA) is 0 Å². The molecular weight excluding hydrogens is 168 g/mol. The highest BCUT2D eigenvalue weighted by atomic mass is 13.9. The highest BCUT2D eigenvalue weighted by molar-refractivity contribution is 5.11. The molecule has 0 spiro atoms. The van der Waals surface area contributed by atoms with Crippen molar-refractivity contribution in [2.24, 2.45) is 0 Å². The molecule has 1 rings (SSSR count). The van der Waals surface area contributed by atoms with E-state index >= 15 is 0 Å². The quantitative estimate of drug-likeness (QED) is 0.489. The molecule has 0 radical (unpaired) electrons. The van der Waals surface area contributed by atoms with Crippen molar-refractivity contribution in [1.82, 2.24) is 0 Å². The maximum Gasteiger partial charge on any atom is -0.0313 e. The molecule has 0 aliphatic heterocycles. The summed E-state index contributed by atoms with van der Waals surface area (Å²) in [5.41, 5.74) is 0. The van der Waals surface area contributed by atoms with Crippen LogP contribution in [0.25, 0.3) is 0 Å². The summed E-state index contributed by atoms with van der Waals surface area (Å²) >= 11 is 0. The van der Waals surface area contributed by atoms with Gasteiger partial charge in [0.25, 0.3) is 0 Å². The van der Waals surface area contributed by atoms with Crippen LogP contribution >= 0.6 is 0 Å². The summed E-state index contributed by atoms with van der Waals surface area (Å²) in [7, 11) is 0. The summed E-state index contributed by atoms with van der Waals surface area (Å²) in [6.45, 7) is 0. The zero-order valence-electron chi connectivity index (χ0n) is 8.86. The Morgan fingerprint density at radius 1 is 0.429 bits per heavy atom. The number of hydrogen-bond acceptors (Lipinski definition) is 0. The van der Waals surface area contributed by atoms with Crippen LogP contribution in [0, 0.1) is 0 Å². The molecule has 0 fully saturated rings. The van der Waals surface area contributed by atoms with Crippen LogP contribution < -0.4 is 0 Å². The average Bonchev–Trinajstić information content (AvgIpc) is 2.22. The lowest BCUT2D eigenvalue weighted by Crippen LogP contribution is -1.73. The number of hydrogen-bond donors (Lipinski definition) is 0. The number of allylic oxidation sites excluding steroid dienone is 8. The van der Waals surface area contributed by atoms with E-state index in [0.717, 1.165) is 6.42 Å². The molecule has 0 unspecified atom stereocenters. The van der Waals surface area contributed by atoms with Crippen molar-refractivity contribution >= 4 is 0 Å². The molecule has 0 N–H and O–H groups in total. The van der Waals surface area contributed by atoms with E-state index in [9.17, 15) is 0 Å². The van der Waals surface area contributed by atoms with Gasteiger partial charge in [-0.2, -0.15) is 0 Å². The second-order valence-electron chi connectivity index (χ2n) is 3.57. The summed E-state index contributed by atoms with van der Waals surface area (Å²) in [6.07, 6.45) is 25.0. The Kier molecular flexibility index (Phi) is 6.74. The van der Waals surface area contributed by atoms with Gasteiger partial charge in [-0.3, -0.25) is 0 Å². The third-order valence-electron chi connectivity index (χ3n) is 2.26. The van der Waals surface area contributed by atoms with E-state index in [2.05, 4.69) is 48.6 Å². The van der Waals surface area contributed by atoms with E-state index in [1.807, 2.05) is 0 Å². The van der Waals surface area contributed by atoms with Gasteiger partial charge in [-0.15, -0.1) is 0 Å². The molecule has 0 saturated carbocycles. The van der Waals surface area contributed by atoms with Crippen LogP contribution in [0.4, 0.5) is 0 Å². The summed E-state index contributed by atoms with van der Waals surface area (Å²) in [6, 6.07) is 0. The second-order valence-corrected chi connectivity index (χ2v) is 3.57. The molecule has 0 aromatic heterocycles. The van der Waals surface area contributed by atoms with Gasteiger partial charge in [-0.25, -0.2) is 0 Å². The van der Waals surface area contributed by atoms with Crippen LogP contribution in [0.5, 0.6) is 0 Å². The van der Waals surface area contributed by atoms with Gasteiger partial charge in [0.05, 0.1) is 0 Å². The fraction of sp³-hybridized carbons (Fsp3) is 0.429. The highest BCUT2D eigenvalue weighted by Gasteiger charge is 1.83. The molecule has 0 saturated heterocycles. The minimum Gasteiger partial charge on any atom is -0.0885 e. The first-order valence-corrected chi connectivity index (χ1v) is 5.63. The lowest BCUT2D eigenvalue weighted by molar-refractivity contribution is 0.760. The molecule has 0 aromatic rings. The van der Waals surface area contributed by atoms with Crippen LogP contribution in [-0.4, -0.2) is 0 Å². The Balaban J connectivity index is 2.35. The number of rotatable bonds is 0. The average molecular weight is 188 g/mol. The highest BCUT2D eigenvalue weighted by Crippen LogP contribution is 2.03. The maximum atomic E-state index is 2.32. The smallest absolute Gasteiger partial charge is 0.0313 e. The molecule has 0 heterocycles. The van der Waals surface area contributed by atoms with Crippen LogP contribution in [0.1, 0.15) is 38.5 Å². The molecule has 1 aliphatic carbocycles. The van der Waals surface area contributed by atoms with Crippen LogP contribution in [0.2, 0.25) is 0 Å². The third kappa shape index (κ3) is 6.47. The van der Waals surface area contributed by atoms with Gasteiger partial charge in [0.1, 0.15) is 0 Å². The first-order valence-electron chi connectivity index (χ1n) is 5.63. The monoisotopic (exact) mass is 188 g/mol. The van der Waals surface area contributed by atoms with Gasteiger partial charge in [0, 0.05) is 0 Å². The summed E-state index contributed by atoms with van der Waals surface area (Å²) in [5.74, 6) is 0. The minimum absolute atomic E-state index is 1.16. The Bertz CT molecular complexity index is 228. The first kappa shape index (κ1) is 11.0. The van der Waals surface area contributed by atoms with E-state index in [1.165, 1.54) is 32.1 Å². The van der Waals surface area contributed by atoms with Gasteiger partial charge in [-0.1, -0.05) is 48.6 Å². The standard InChI is InChI=1S/C14H20/c1-2-4-6-8-10-12-14-13-11-9-7-5-3-1/h1-6,11,13H,7-10,12,14H2. The normalized spacial score (nSPS) is 19.4. The van der Waals surface area contributed by atoms with Gasteiger partial charge in [0.15, 0.2) is 0 Å². The van der Waals surface area contributed by atoms with Crippen molar-refractivity contribution in [2.75, 3.05) is 0 Å².